The zero-order valence-corrected chi connectivity index (χ0v) is 9.95. The Bertz CT molecular complexity index is 643. The number of aromatic nitrogens is 4. The van der Waals surface area contributed by atoms with Gasteiger partial charge in [0, 0.05) is 18.0 Å². The maximum atomic E-state index is 5.22. The molecule has 18 heavy (non-hydrogen) atoms. The van der Waals surface area contributed by atoms with Crippen molar-refractivity contribution in [2.24, 2.45) is 0 Å². The lowest BCUT2D eigenvalue weighted by molar-refractivity contribution is 0.371. The van der Waals surface area contributed by atoms with Crippen LogP contribution in [0.1, 0.15) is 11.5 Å². The molecule has 0 aliphatic rings. The van der Waals surface area contributed by atoms with Crippen molar-refractivity contribution in [3.63, 3.8) is 0 Å². The number of rotatable bonds is 3. The van der Waals surface area contributed by atoms with Gasteiger partial charge in [0.25, 0.3) is 0 Å². The molecule has 0 bridgehead atoms. The maximum Gasteiger partial charge on any atom is 0.246 e. The Labute approximate surface area is 104 Å². The fourth-order valence-electron chi connectivity index (χ4n) is 1.76. The van der Waals surface area contributed by atoms with E-state index >= 15 is 0 Å². The van der Waals surface area contributed by atoms with Gasteiger partial charge in [-0.1, -0.05) is 28.9 Å². The molecule has 0 unspecified atom stereocenters. The highest BCUT2D eigenvalue weighted by Gasteiger charge is 2.08. The van der Waals surface area contributed by atoms with Gasteiger partial charge in [0.2, 0.25) is 11.7 Å². The quantitative estimate of drug-likeness (QED) is 0.704. The molecule has 0 fully saturated rings. The van der Waals surface area contributed by atoms with Crippen LogP contribution in [0.2, 0.25) is 0 Å². The van der Waals surface area contributed by atoms with Crippen molar-refractivity contribution < 1.29 is 4.52 Å². The standard InChI is InChI=1S/C13H12N4O/c1-10-3-2-4-11(7-10)13-15-12(18-16-13)8-17-6-5-14-9-17/h2-7,9H,8H2,1H3. The van der Waals surface area contributed by atoms with Crippen LogP contribution in [0.3, 0.4) is 0 Å². The van der Waals surface area contributed by atoms with Crippen LogP contribution in [-0.2, 0) is 6.54 Å². The zero-order chi connectivity index (χ0) is 12.4. The van der Waals surface area contributed by atoms with Gasteiger partial charge in [-0.2, -0.15) is 4.98 Å². The molecule has 3 rings (SSSR count). The third-order valence-electron chi connectivity index (χ3n) is 2.62. The largest absolute Gasteiger partial charge is 0.337 e. The number of hydrogen-bond donors (Lipinski definition) is 0. The molecule has 0 radical (unpaired) electrons. The average molecular weight is 240 g/mol. The SMILES string of the molecule is Cc1cccc(-c2noc(Cn3ccnc3)n2)c1. The summed E-state index contributed by atoms with van der Waals surface area (Å²) in [6, 6.07) is 8.03. The third-order valence-corrected chi connectivity index (χ3v) is 2.62. The Morgan fingerprint density at radius 1 is 1.33 bits per heavy atom. The molecule has 3 aromatic rings. The minimum atomic E-state index is 0.540. The Morgan fingerprint density at radius 2 is 2.28 bits per heavy atom. The molecule has 2 heterocycles. The van der Waals surface area contributed by atoms with Crippen LogP contribution in [0.4, 0.5) is 0 Å². The summed E-state index contributed by atoms with van der Waals surface area (Å²) in [6.45, 7) is 2.58. The highest BCUT2D eigenvalue weighted by molar-refractivity contribution is 5.55. The zero-order valence-electron chi connectivity index (χ0n) is 9.95. The van der Waals surface area contributed by atoms with E-state index in [2.05, 4.69) is 15.1 Å². The van der Waals surface area contributed by atoms with Gasteiger partial charge in [-0.3, -0.25) is 0 Å². The molecule has 0 saturated carbocycles. The van der Waals surface area contributed by atoms with Crippen molar-refractivity contribution >= 4 is 0 Å². The summed E-state index contributed by atoms with van der Waals surface area (Å²) < 4.78 is 7.10. The van der Waals surface area contributed by atoms with E-state index in [4.69, 9.17) is 4.52 Å². The van der Waals surface area contributed by atoms with Crippen molar-refractivity contribution in [3.8, 4) is 11.4 Å². The van der Waals surface area contributed by atoms with Gasteiger partial charge in [0.05, 0.1) is 6.33 Å². The summed E-state index contributed by atoms with van der Waals surface area (Å²) >= 11 is 0. The second-order valence-electron chi connectivity index (χ2n) is 4.12. The fourth-order valence-corrected chi connectivity index (χ4v) is 1.76. The molecule has 0 atom stereocenters. The van der Waals surface area contributed by atoms with Crippen LogP contribution < -0.4 is 0 Å². The first-order valence-electron chi connectivity index (χ1n) is 5.66. The van der Waals surface area contributed by atoms with Gasteiger partial charge >= 0.3 is 0 Å². The summed E-state index contributed by atoms with van der Waals surface area (Å²) in [6.07, 6.45) is 5.30. The molecule has 1 aromatic carbocycles. The molecular formula is C13H12N4O. The van der Waals surface area contributed by atoms with Crippen LogP contribution in [0.5, 0.6) is 0 Å². The van der Waals surface area contributed by atoms with Crippen LogP contribution in [0, 0.1) is 6.92 Å². The predicted molar refractivity (Wildman–Crippen MR) is 65.8 cm³/mol. The van der Waals surface area contributed by atoms with Crippen LogP contribution in [0.15, 0.2) is 47.5 Å². The van der Waals surface area contributed by atoms with Gasteiger partial charge in [-0.15, -0.1) is 0 Å². The topological polar surface area (TPSA) is 56.7 Å². The average Bonchev–Trinajstić information content (AvgIpc) is 3.01. The van der Waals surface area contributed by atoms with Crippen molar-refractivity contribution in [1.29, 1.82) is 0 Å². The minimum Gasteiger partial charge on any atom is -0.337 e. The molecule has 90 valence electrons. The van der Waals surface area contributed by atoms with Crippen LogP contribution >= 0.6 is 0 Å². The minimum absolute atomic E-state index is 0.540. The number of nitrogens with zero attached hydrogens (tertiary/aromatic N) is 4. The van der Waals surface area contributed by atoms with Gasteiger partial charge in [0.15, 0.2) is 0 Å². The Kier molecular flexibility index (Phi) is 2.64. The van der Waals surface area contributed by atoms with Crippen LogP contribution in [0.25, 0.3) is 11.4 Å². The molecule has 0 amide bonds. The smallest absolute Gasteiger partial charge is 0.246 e. The van der Waals surface area contributed by atoms with Crippen molar-refractivity contribution in [2.75, 3.05) is 0 Å². The Balaban J connectivity index is 1.85. The van der Waals surface area contributed by atoms with Gasteiger partial charge in [-0.25, -0.2) is 4.98 Å². The first-order chi connectivity index (χ1) is 8.81. The van der Waals surface area contributed by atoms with Crippen molar-refractivity contribution in [3.05, 3.63) is 54.4 Å². The summed E-state index contributed by atoms with van der Waals surface area (Å²) in [4.78, 5) is 8.34. The number of aryl methyl sites for hydroxylation is 1. The third kappa shape index (κ3) is 2.15. The molecule has 2 aromatic heterocycles. The Morgan fingerprint density at radius 3 is 3.06 bits per heavy atom. The summed E-state index contributed by atoms with van der Waals surface area (Å²) in [5, 5.41) is 3.99. The second kappa shape index (κ2) is 4.44. The van der Waals surface area contributed by atoms with Gasteiger partial charge < -0.3 is 9.09 Å². The first-order valence-corrected chi connectivity index (χ1v) is 5.66. The molecule has 0 saturated heterocycles. The molecule has 5 heteroatoms. The van der Waals surface area contributed by atoms with E-state index in [9.17, 15) is 0 Å². The lowest BCUT2D eigenvalue weighted by atomic mass is 10.1. The normalized spacial score (nSPS) is 10.7. The van der Waals surface area contributed by atoms with E-state index in [1.807, 2.05) is 42.0 Å². The maximum absolute atomic E-state index is 5.22. The van der Waals surface area contributed by atoms with E-state index < -0.39 is 0 Å². The number of hydrogen-bond acceptors (Lipinski definition) is 4. The highest BCUT2D eigenvalue weighted by atomic mass is 16.5. The van der Waals surface area contributed by atoms with Gasteiger partial charge in [-0.05, 0) is 13.0 Å². The molecule has 0 spiro atoms. The van der Waals surface area contributed by atoms with E-state index in [1.165, 1.54) is 5.56 Å². The Hall–Kier alpha value is -2.43. The number of benzene rings is 1. The fraction of sp³-hybridized carbons (Fsp3) is 0.154. The molecule has 5 nitrogen and oxygen atoms in total. The summed E-state index contributed by atoms with van der Waals surface area (Å²) in [5.74, 6) is 1.19. The first kappa shape index (κ1) is 10.7. The lowest BCUT2D eigenvalue weighted by Crippen LogP contribution is -1.96. The van der Waals surface area contributed by atoms with Gasteiger partial charge in [0.1, 0.15) is 6.54 Å². The lowest BCUT2D eigenvalue weighted by Gasteiger charge is -1.95. The molecular weight excluding hydrogens is 228 g/mol. The van der Waals surface area contributed by atoms with Crippen molar-refractivity contribution in [1.82, 2.24) is 19.7 Å². The molecule has 0 aliphatic carbocycles. The van der Waals surface area contributed by atoms with E-state index in [1.54, 1.807) is 12.5 Å². The predicted octanol–water partition coefficient (Wildman–Crippen LogP) is 2.29. The van der Waals surface area contributed by atoms with E-state index in [0.717, 1.165) is 5.56 Å². The highest BCUT2D eigenvalue weighted by Crippen LogP contribution is 2.17. The van der Waals surface area contributed by atoms with E-state index in [-0.39, 0.29) is 0 Å². The van der Waals surface area contributed by atoms with E-state index in [0.29, 0.717) is 18.3 Å². The summed E-state index contributed by atoms with van der Waals surface area (Å²) in [5.41, 5.74) is 2.14. The molecule has 0 N–H and O–H groups in total. The second-order valence-corrected chi connectivity index (χ2v) is 4.12. The molecule has 0 aliphatic heterocycles. The summed E-state index contributed by atoms with van der Waals surface area (Å²) in [7, 11) is 0. The van der Waals surface area contributed by atoms with Crippen molar-refractivity contribution in [2.45, 2.75) is 13.5 Å². The van der Waals surface area contributed by atoms with Crippen LogP contribution in [-0.4, -0.2) is 19.7 Å². The monoisotopic (exact) mass is 240 g/mol. The number of imidazole rings is 1.